The van der Waals surface area contributed by atoms with Crippen LogP contribution in [-0.4, -0.2) is 45.8 Å². The van der Waals surface area contributed by atoms with Crippen LogP contribution >= 0.6 is 47.0 Å². The van der Waals surface area contributed by atoms with Gasteiger partial charge in [-0.3, -0.25) is 24.7 Å². The summed E-state index contributed by atoms with van der Waals surface area (Å²) in [6.07, 6.45) is -0.246. The van der Waals surface area contributed by atoms with Gasteiger partial charge in [-0.05, 0) is 48.6 Å². The van der Waals surface area contributed by atoms with Gasteiger partial charge in [0.15, 0.2) is 5.11 Å². The first-order valence-electron chi connectivity index (χ1n) is 8.59. The van der Waals surface area contributed by atoms with Crippen molar-refractivity contribution in [2.75, 3.05) is 12.4 Å². The number of rotatable bonds is 5. The van der Waals surface area contributed by atoms with Crippen LogP contribution in [0.2, 0.25) is 15.1 Å². The van der Waals surface area contributed by atoms with Gasteiger partial charge in [0.05, 0.1) is 17.0 Å². The highest BCUT2D eigenvalue weighted by Crippen LogP contribution is 2.23. The smallest absolute Gasteiger partial charge is 0.271 e. The van der Waals surface area contributed by atoms with Crippen molar-refractivity contribution in [2.24, 2.45) is 0 Å². The highest BCUT2D eigenvalue weighted by Gasteiger charge is 2.43. The third-order valence-corrected chi connectivity index (χ3v) is 5.56. The Bertz CT molecular complexity index is 1050. The second-order valence-corrected chi connectivity index (χ2v) is 8.04. The van der Waals surface area contributed by atoms with E-state index in [1.165, 1.54) is 35.2 Å². The summed E-state index contributed by atoms with van der Waals surface area (Å²) < 4.78 is 0. The molecule has 1 aliphatic heterocycles. The lowest BCUT2D eigenvalue weighted by molar-refractivity contribution is -0.130. The molecule has 1 atom stereocenters. The zero-order chi connectivity index (χ0) is 22.0. The number of hydrogen-bond donors (Lipinski definition) is 2. The fraction of sp³-hybridized carbons (Fsp3) is 0.158. The molecule has 0 radical (unpaired) electrons. The van der Waals surface area contributed by atoms with Gasteiger partial charge in [0.25, 0.3) is 11.8 Å². The monoisotopic (exact) mass is 484 g/mol. The predicted molar refractivity (Wildman–Crippen MR) is 120 cm³/mol. The molecule has 3 rings (SSSR count). The van der Waals surface area contributed by atoms with Crippen molar-refractivity contribution in [3.63, 3.8) is 0 Å². The number of hydrogen-bond acceptors (Lipinski definition) is 4. The molecule has 1 unspecified atom stereocenters. The van der Waals surface area contributed by atoms with Gasteiger partial charge in [-0.2, -0.15) is 0 Å². The van der Waals surface area contributed by atoms with Crippen LogP contribution in [0.15, 0.2) is 42.5 Å². The van der Waals surface area contributed by atoms with Crippen molar-refractivity contribution in [2.45, 2.75) is 12.5 Å². The van der Waals surface area contributed by atoms with Crippen LogP contribution in [0.25, 0.3) is 0 Å². The van der Waals surface area contributed by atoms with E-state index < -0.39 is 23.8 Å². The summed E-state index contributed by atoms with van der Waals surface area (Å²) in [5.74, 6) is -1.47. The maximum atomic E-state index is 12.7. The van der Waals surface area contributed by atoms with E-state index in [9.17, 15) is 14.4 Å². The third kappa shape index (κ3) is 4.84. The molecule has 30 heavy (non-hydrogen) atoms. The summed E-state index contributed by atoms with van der Waals surface area (Å²) in [6.45, 7) is 0. The van der Waals surface area contributed by atoms with Gasteiger partial charge in [0, 0.05) is 22.8 Å². The maximum Gasteiger partial charge on any atom is 0.271 e. The summed E-state index contributed by atoms with van der Waals surface area (Å²) in [4.78, 5) is 38.9. The summed E-state index contributed by atoms with van der Waals surface area (Å²) in [5, 5.41) is 4.88. The number of hydrazine groups is 1. The van der Waals surface area contributed by atoms with E-state index in [2.05, 4.69) is 10.7 Å². The van der Waals surface area contributed by atoms with Crippen LogP contribution in [0.3, 0.4) is 0 Å². The van der Waals surface area contributed by atoms with Crippen molar-refractivity contribution in [3.05, 3.63) is 63.1 Å². The second-order valence-electron chi connectivity index (χ2n) is 6.39. The number of anilines is 1. The Balaban J connectivity index is 1.76. The average Bonchev–Trinajstić information content (AvgIpc) is 2.86. The van der Waals surface area contributed by atoms with Crippen LogP contribution in [0.5, 0.6) is 0 Å². The molecular weight excluding hydrogens is 471 g/mol. The Hall–Kier alpha value is -2.39. The largest absolute Gasteiger partial charge is 0.326 e. The number of carbonyl (C=O) groups excluding carboxylic acids is 3. The van der Waals surface area contributed by atoms with E-state index in [-0.39, 0.29) is 22.1 Å². The molecule has 0 spiro atoms. The number of thiocarbonyl (C=S) groups is 1. The minimum atomic E-state index is -1.02. The van der Waals surface area contributed by atoms with Crippen LogP contribution in [-0.2, 0) is 9.59 Å². The van der Waals surface area contributed by atoms with E-state index in [1.807, 2.05) is 0 Å². The number of likely N-dealkylation sites (N-methyl/N-ethyl adjacent to an activating group) is 1. The average molecular weight is 486 g/mol. The number of amides is 3. The Morgan fingerprint density at radius 2 is 1.80 bits per heavy atom. The molecule has 7 nitrogen and oxygen atoms in total. The van der Waals surface area contributed by atoms with Gasteiger partial charge < -0.3 is 5.32 Å². The van der Waals surface area contributed by atoms with Gasteiger partial charge >= 0.3 is 0 Å². The van der Waals surface area contributed by atoms with Crippen LogP contribution in [0.4, 0.5) is 5.69 Å². The summed E-state index contributed by atoms with van der Waals surface area (Å²) in [6, 6.07) is 9.97. The Labute approximate surface area is 192 Å². The molecule has 156 valence electrons. The van der Waals surface area contributed by atoms with Crippen molar-refractivity contribution < 1.29 is 14.4 Å². The summed E-state index contributed by atoms with van der Waals surface area (Å²) in [5.41, 5.74) is 3.19. The van der Waals surface area contributed by atoms with Crippen molar-refractivity contribution in [1.82, 2.24) is 15.3 Å². The van der Waals surface area contributed by atoms with Crippen molar-refractivity contribution in [1.29, 1.82) is 0 Å². The standard InChI is InChI=1S/C19H15Cl3N4O3S/c1-25-18(29)15(9-16(27)23-12-4-2-3-10(20)7-12)26(19(25)30)24-17(28)13-6-5-11(21)8-14(13)22/h2-8,15H,9H2,1H3,(H,23,27)(H,24,28). The third-order valence-electron chi connectivity index (χ3n) is 4.31. The lowest BCUT2D eigenvalue weighted by Crippen LogP contribution is -2.49. The molecule has 0 aliphatic carbocycles. The number of halogens is 3. The van der Waals surface area contributed by atoms with Gasteiger partial charge in [0.2, 0.25) is 5.91 Å². The van der Waals surface area contributed by atoms with E-state index in [1.54, 1.807) is 24.3 Å². The van der Waals surface area contributed by atoms with Crippen molar-refractivity contribution in [3.8, 4) is 0 Å². The zero-order valence-electron chi connectivity index (χ0n) is 15.5. The van der Waals surface area contributed by atoms with E-state index in [0.717, 1.165) is 0 Å². The fourth-order valence-corrected chi connectivity index (χ4v) is 3.77. The highest BCUT2D eigenvalue weighted by molar-refractivity contribution is 7.80. The molecule has 0 bridgehead atoms. The Kier molecular flexibility index (Phi) is 6.82. The first kappa shape index (κ1) is 22.3. The lowest BCUT2D eigenvalue weighted by atomic mass is 10.2. The molecule has 2 N–H and O–H groups in total. The van der Waals surface area contributed by atoms with Crippen LogP contribution in [0, 0.1) is 0 Å². The van der Waals surface area contributed by atoms with Gasteiger partial charge in [-0.15, -0.1) is 0 Å². The Morgan fingerprint density at radius 1 is 1.10 bits per heavy atom. The zero-order valence-corrected chi connectivity index (χ0v) is 18.6. The van der Waals surface area contributed by atoms with Crippen LogP contribution in [0.1, 0.15) is 16.8 Å². The van der Waals surface area contributed by atoms with Gasteiger partial charge in [0.1, 0.15) is 6.04 Å². The normalized spacial score (nSPS) is 16.1. The minimum Gasteiger partial charge on any atom is -0.326 e. The molecule has 11 heteroatoms. The maximum absolute atomic E-state index is 12.7. The minimum absolute atomic E-state index is 0.0546. The quantitative estimate of drug-likeness (QED) is 0.631. The summed E-state index contributed by atoms with van der Waals surface area (Å²) in [7, 11) is 1.47. The van der Waals surface area contributed by atoms with Crippen LogP contribution < -0.4 is 10.7 Å². The van der Waals surface area contributed by atoms with Gasteiger partial charge in [-0.1, -0.05) is 40.9 Å². The molecule has 0 saturated carbocycles. The molecular formula is C19H15Cl3N4O3S. The molecule has 1 aliphatic rings. The molecule has 1 fully saturated rings. The topological polar surface area (TPSA) is 81.8 Å². The lowest BCUT2D eigenvalue weighted by Gasteiger charge is -2.24. The van der Waals surface area contributed by atoms with Crippen molar-refractivity contribution >= 4 is 75.5 Å². The highest BCUT2D eigenvalue weighted by atomic mass is 35.5. The first-order chi connectivity index (χ1) is 14.2. The molecule has 3 amide bonds. The molecule has 2 aromatic carbocycles. The fourth-order valence-electron chi connectivity index (χ4n) is 2.82. The number of nitrogens with zero attached hydrogens (tertiary/aromatic N) is 2. The number of benzene rings is 2. The van der Waals surface area contributed by atoms with Gasteiger partial charge in [-0.25, -0.2) is 5.01 Å². The van der Waals surface area contributed by atoms with E-state index >= 15 is 0 Å². The molecule has 0 aromatic heterocycles. The summed E-state index contributed by atoms with van der Waals surface area (Å²) >= 11 is 23.1. The van der Waals surface area contributed by atoms with E-state index in [0.29, 0.717) is 15.7 Å². The second kappa shape index (κ2) is 9.18. The van der Waals surface area contributed by atoms with E-state index in [4.69, 9.17) is 47.0 Å². The Morgan fingerprint density at radius 3 is 2.47 bits per heavy atom. The predicted octanol–water partition coefficient (Wildman–Crippen LogP) is 3.75. The SMILES string of the molecule is CN1C(=O)C(CC(=O)Nc2cccc(Cl)c2)N(NC(=O)c2ccc(Cl)cc2Cl)C1=S. The molecule has 1 heterocycles. The molecule has 1 saturated heterocycles. The number of nitrogens with one attached hydrogen (secondary N) is 2. The molecule has 2 aromatic rings. The first-order valence-corrected chi connectivity index (χ1v) is 10.1. The number of carbonyl (C=O) groups is 3.